The van der Waals surface area contributed by atoms with E-state index >= 15 is 0 Å². The Balaban J connectivity index is 1.69. The van der Waals surface area contributed by atoms with E-state index in [9.17, 15) is 29.6 Å². The predicted octanol–water partition coefficient (Wildman–Crippen LogP) is 7.39. The number of nitrogens with one attached hydrogen (secondary N) is 2. The van der Waals surface area contributed by atoms with Crippen LogP contribution in [0.4, 0.5) is 26.8 Å². The first kappa shape index (κ1) is 37.3. The number of benzene rings is 3. The number of nitro groups is 1. The number of aliphatic hydroxyl groups excluding tert-OH is 1. The monoisotopic (exact) mass is 685 g/mol. The van der Waals surface area contributed by atoms with E-state index in [0.717, 1.165) is 10.5 Å². The Morgan fingerprint density at radius 2 is 1.52 bits per heavy atom. The highest BCUT2D eigenvalue weighted by atomic mass is 16.6. The molecular formula is C37H43N5O8. The van der Waals surface area contributed by atoms with Gasteiger partial charge in [-0.05, 0) is 87.9 Å². The van der Waals surface area contributed by atoms with Gasteiger partial charge in [0.25, 0.3) is 5.69 Å². The first-order valence-electron chi connectivity index (χ1n) is 16.1. The van der Waals surface area contributed by atoms with Gasteiger partial charge in [0.05, 0.1) is 4.92 Å². The lowest BCUT2D eigenvalue weighted by atomic mass is 9.97. The SMILES string of the molecule is CC(CO)c1ccc(C(Nc2ccc3c(N(C(=O)OC(C)(C)C)C(=O)OC(C)(C)C)nccc3c2)C(=O)NCc2cccc([N+](=O)[O-])c2)cc1. The zero-order valence-corrected chi connectivity index (χ0v) is 29.2. The van der Waals surface area contributed by atoms with Crippen LogP contribution < -0.4 is 15.5 Å². The van der Waals surface area contributed by atoms with Crippen LogP contribution in [0.1, 0.15) is 77.1 Å². The molecule has 4 rings (SSSR count). The molecule has 0 radical (unpaired) electrons. The molecule has 0 aliphatic rings. The number of rotatable bonds is 10. The number of nitrogens with zero attached hydrogens (tertiary/aromatic N) is 3. The van der Waals surface area contributed by atoms with Gasteiger partial charge >= 0.3 is 12.2 Å². The number of nitro benzene ring substituents is 1. The molecule has 3 amide bonds. The number of anilines is 2. The average molecular weight is 686 g/mol. The van der Waals surface area contributed by atoms with Crippen molar-refractivity contribution < 1.29 is 33.9 Å². The topological polar surface area (TPSA) is 173 Å². The maximum absolute atomic E-state index is 13.7. The highest BCUT2D eigenvalue weighted by Gasteiger charge is 2.34. The fourth-order valence-corrected chi connectivity index (χ4v) is 4.95. The highest BCUT2D eigenvalue weighted by molar-refractivity contribution is 6.14. The van der Waals surface area contributed by atoms with Gasteiger partial charge in [-0.2, -0.15) is 4.90 Å². The van der Waals surface area contributed by atoms with E-state index in [4.69, 9.17) is 9.47 Å². The Bertz CT molecular complexity index is 1840. The molecule has 4 aromatic rings. The second-order valence-corrected chi connectivity index (χ2v) is 13.8. The summed E-state index contributed by atoms with van der Waals surface area (Å²) >= 11 is 0. The molecule has 0 aliphatic carbocycles. The number of amides is 3. The van der Waals surface area contributed by atoms with Crippen molar-refractivity contribution in [3.05, 3.63) is 106 Å². The molecule has 1 heterocycles. The van der Waals surface area contributed by atoms with Crippen molar-refractivity contribution in [3.8, 4) is 0 Å². The summed E-state index contributed by atoms with van der Waals surface area (Å²) in [5, 5.41) is 28.1. The molecular weight excluding hydrogens is 642 g/mol. The summed E-state index contributed by atoms with van der Waals surface area (Å²) in [6.45, 7) is 12.0. The molecule has 0 saturated carbocycles. The predicted molar refractivity (Wildman–Crippen MR) is 190 cm³/mol. The van der Waals surface area contributed by atoms with Crippen LogP contribution in [-0.4, -0.2) is 50.9 Å². The molecule has 2 unspecified atom stereocenters. The van der Waals surface area contributed by atoms with E-state index in [1.165, 1.54) is 18.3 Å². The van der Waals surface area contributed by atoms with Gasteiger partial charge in [-0.15, -0.1) is 0 Å². The van der Waals surface area contributed by atoms with Gasteiger partial charge in [0.15, 0.2) is 5.82 Å². The minimum atomic E-state index is -0.951. The Hall–Kier alpha value is -5.56. The van der Waals surface area contributed by atoms with Crippen LogP contribution in [0.5, 0.6) is 0 Å². The van der Waals surface area contributed by atoms with Crippen molar-refractivity contribution >= 4 is 46.1 Å². The number of fused-ring (bicyclic) bond motifs is 1. The molecule has 3 aromatic carbocycles. The number of carbonyl (C=O) groups excluding carboxylic acids is 3. The number of non-ortho nitro benzene ring substituents is 1. The molecule has 0 aliphatic heterocycles. The van der Waals surface area contributed by atoms with E-state index in [-0.39, 0.29) is 30.6 Å². The van der Waals surface area contributed by atoms with E-state index in [0.29, 0.717) is 27.6 Å². The molecule has 0 fully saturated rings. The maximum atomic E-state index is 13.7. The Morgan fingerprint density at radius 1 is 0.900 bits per heavy atom. The summed E-state index contributed by atoms with van der Waals surface area (Å²) in [6, 6.07) is 19.2. The summed E-state index contributed by atoms with van der Waals surface area (Å²) in [5.74, 6) is -0.476. The third kappa shape index (κ3) is 9.75. The number of pyridine rings is 1. The fourth-order valence-electron chi connectivity index (χ4n) is 4.95. The van der Waals surface area contributed by atoms with Crippen LogP contribution in [0.3, 0.4) is 0 Å². The third-order valence-corrected chi connectivity index (χ3v) is 7.38. The van der Waals surface area contributed by atoms with Gasteiger partial charge in [0.2, 0.25) is 5.91 Å². The van der Waals surface area contributed by atoms with Crippen LogP contribution in [-0.2, 0) is 20.8 Å². The summed E-state index contributed by atoms with van der Waals surface area (Å²) < 4.78 is 11.1. The number of aromatic nitrogens is 1. The normalized spacial score (nSPS) is 12.8. The minimum Gasteiger partial charge on any atom is -0.443 e. The van der Waals surface area contributed by atoms with Crippen molar-refractivity contribution in [2.24, 2.45) is 0 Å². The number of hydrogen-bond acceptors (Lipinski definition) is 10. The maximum Gasteiger partial charge on any atom is 0.425 e. The number of ether oxygens (including phenoxy) is 2. The Labute approximate surface area is 290 Å². The quantitative estimate of drug-likeness (QED) is 0.113. The minimum absolute atomic E-state index is 0.0115. The molecule has 0 spiro atoms. The van der Waals surface area contributed by atoms with Crippen molar-refractivity contribution in [2.45, 2.75) is 78.2 Å². The van der Waals surface area contributed by atoms with Crippen molar-refractivity contribution in [2.75, 3.05) is 16.8 Å². The van der Waals surface area contributed by atoms with Crippen LogP contribution in [0.25, 0.3) is 10.8 Å². The Morgan fingerprint density at radius 3 is 2.10 bits per heavy atom. The molecule has 2 atom stereocenters. The molecule has 13 heteroatoms. The zero-order chi connectivity index (χ0) is 36.8. The van der Waals surface area contributed by atoms with Gasteiger partial charge in [-0.25, -0.2) is 14.6 Å². The lowest BCUT2D eigenvalue weighted by Crippen LogP contribution is -2.44. The first-order valence-corrected chi connectivity index (χ1v) is 16.1. The van der Waals surface area contributed by atoms with E-state index in [2.05, 4.69) is 15.6 Å². The highest BCUT2D eigenvalue weighted by Crippen LogP contribution is 2.31. The molecule has 1 aromatic heterocycles. The molecule has 0 bridgehead atoms. The Kier molecular flexibility index (Phi) is 11.4. The first-order chi connectivity index (χ1) is 23.5. The van der Waals surface area contributed by atoms with Crippen LogP contribution in [0, 0.1) is 10.1 Å². The van der Waals surface area contributed by atoms with Crippen molar-refractivity contribution in [1.29, 1.82) is 0 Å². The number of imide groups is 1. The van der Waals surface area contributed by atoms with Gasteiger partial charge in [0.1, 0.15) is 17.2 Å². The van der Waals surface area contributed by atoms with Crippen LogP contribution in [0.15, 0.2) is 79.0 Å². The van der Waals surface area contributed by atoms with Gasteiger partial charge in [0, 0.05) is 48.5 Å². The third-order valence-electron chi connectivity index (χ3n) is 7.38. The molecule has 13 nitrogen and oxygen atoms in total. The van der Waals surface area contributed by atoms with Crippen molar-refractivity contribution in [1.82, 2.24) is 10.3 Å². The zero-order valence-electron chi connectivity index (χ0n) is 29.2. The van der Waals surface area contributed by atoms with E-state index in [1.54, 1.807) is 90.1 Å². The average Bonchev–Trinajstić information content (AvgIpc) is 3.04. The number of carbonyl (C=O) groups is 3. The molecule has 0 saturated heterocycles. The van der Waals surface area contributed by atoms with Crippen LogP contribution >= 0.6 is 0 Å². The molecule has 264 valence electrons. The second-order valence-electron chi connectivity index (χ2n) is 13.8. The second kappa shape index (κ2) is 15.3. The smallest absolute Gasteiger partial charge is 0.425 e. The summed E-state index contributed by atoms with van der Waals surface area (Å²) in [7, 11) is 0. The number of aliphatic hydroxyl groups is 1. The largest absolute Gasteiger partial charge is 0.443 e. The number of hydrogen-bond donors (Lipinski definition) is 3. The van der Waals surface area contributed by atoms with Gasteiger partial charge < -0.3 is 25.2 Å². The van der Waals surface area contributed by atoms with Crippen molar-refractivity contribution in [3.63, 3.8) is 0 Å². The lowest BCUT2D eigenvalue weighted by Gasteiger charge is -2.28. The summed E-state index contributed by atoms with van der Waals surface area (Å²) in [4.78, 5) is 56.3. The van der Waals surface area contributed by atoms with E-state index in [1.807, 2.05) is 19.1 Å². The van der Waals surface area contributed by atoms with Gasteiger partial charge in [-0.1, -0.05) is 43.3 Å². The fraction of sp³-hybridized carbons (Fsp3) is 0.351. The standard InChI is InChI=1S/C37H43N5O8/c1-23(22-43)25-11-13-26(14-12-25)31(33(44)39-21-24-9-8-10-29(19-24)42(47)48)40-28-15-16-30-27(20-28)17-18-38-32(30)41(34(45)49-36(2,3)4)35(46)50-37(5,6)7/h8-20,23,31,40,43H,21-22H2,1-7H3,(H,39,44). The molecule has 50 heavy (non-hydrogen) atoms. The summed E-state index contributed by atoms with van der Waals surface area (Å²) in [6.07, 6.45) is -0.449. The summed E-state index contributed by atoms with van der Waals surface area (Å²) in [5.41, 5.74) is 0.741. The van der Waals surface area contributed by atoms with E-state index < -0.39 is 40.3 Å². The van der Waals surface area contributed by atoms with Gasteiger partial charge in [-0.3, -0.25) is 14.9 Å². The lowest BCUT2D eigenvalue weighted by molar-refractivity contribution is -0.384. The molecule has 3 N–H and O–H groups in total. The van der Waals surface area contributed by atoms with Crippen LogP contribution in [0.2, 0.25) is 0 Å².